The quantitative estimate of drug-likeness (QED) is 0.728. The minimum atomic E-state index is 0.650. The van der Waals surface area contributed by atoms with E-state index >= 15 is 0 Å². The van der Waals surface area contributed by atoms with Gasteiger partial charge in [-0.05, 0) is 24.3 Å². The average Bonchev–Trinajstić information content (AvgIpc) is 2.93. The van der Waals surface area contributed by atoms with Crippen LogP contribution < -0.4 is 9.47 Å². The summed E-state index contributed by atoms with van der Waals surface area (Å²) in [5.74, 6) is 1.52. The van der Waals surface area contributed by atoms with E-state index in [0.717, 1.165) is 34.9 Å². The molecule has 1 aliphatic rings. The van der Waals surface area contributed by atoms with Crippen molar-refractivity contribution >= 4 is 0 Å². The molecule has 1 aliphatic heterocycles. The third-order valence-electron chi connectivity index (χ3n) is 3.56. The SMILES string of the molecule is c1ccc(-n2cc(-c3cccc4c3OCCCO4)nn2)cc1. The summed E-state index contributed by atoms with van der Waals surface area (Å²) in [6.07, 6.45) is 2.78. The van der Waals surface area contributed by atoms with Gasteiger partial charge >= 0.3 is 0 Å². The molecule has 1 aromatic heterocycles. The Bertz CT molecular complexity index is 784. The average molecular weight is 293 g/mol. The Kier molecular flexibility index (Phi) is 3.23. The van der Waals surface area contributed by atoms with E-state index in [1.165, 1.54) is 0 Å². The van der Waals surface area contributed by atoms with Gasteiger partial charge in [0, 0.05) is 12.0 Å². The summed E-state index contributed by atoms with van der Waals surface area (Å²) >= 11 is 0. The predicted octanol–water partition coefficient (Wildman–Crippen LogP) is 3.10. The monoisotopic (exact) mass is 293 g/mol. The molecule has 0 radical (unpaired) electrons. The van der Waals surface area contributed by atoms with Gasteiger partial charge in [-0.25, -0.2) is 4.68 Å². The lowest BCUT2D eigenvalue weighted by Crippen LogP contribution is -1.98. The second-order valence-electron chi connectivity index (χ2n) is 5.07. The molecule has 0 amide bonds. The van der Waals surface area contributed by atoms with Crippen molar-refractivity contribution in [2.45, 2.75) is 6.42 Å². The molecule has 0 fully saturated rings. The molecular weight excluding hydrogens is 278 g/mol. The van der Waals surface area contributed by atoms with Gasteiger partial charge in [-0.2, -0.15) is 0 Å². The van der Waals surface area contributed by atoms with E-state index in [9.17, 15) is 0 Å². The van der Waals surface area contributed by atoms with Crippen molar-refractivity contribution in [3.8, 4) is 28.4 Å². The zero-order chi connectivity index (χ0) is 14.8. The van der Waals surface area contributed by atoms with Crippen LogP contribution in [0.3, 0.4) is 0 Å². The number of fused-ring (bicyclic) bond motifs is 1. The lowest BCUT2D eigenvalue weighted by atomic mass is 10.1. The van der Waals surface area contributed by atoms with Crippen LogP contribution in [0.1, 0.15) is 6.42 Å². The van der Waals surface area contributed by atoms with Gasteiger partial charge in [0.1, 0.15) is 5.69 Å². The molecule has 0 bridgehead atoms. The molecule has 3 aromatic rings. The zero-order valence-electron chi connectivity index (χ0n) is 12.0. The Morgan fingerprint density at radius 2 is 1.77 bits per heavy atom. The van der Waals surface area contributed by atoms with Gasteiger partial charge in [0.25, 0.3) is 0 Å². The van der Waals surface area contributed by atoms with Gasteiger partial charge in [-0.1, -0.05) is 29.5 Å². The molecule has 0 aliphatic carbocycles. The van der Waals surface area contributed by atoms with Crippen LogP contribution in [0.15, 0.2) is 54.7 Å². The second kappa shape index (κ2) is 5.52. The molecule has 0 saturated heterocycles. The van der Waals surface area contributed by atoms with E-state index in [-0.39, 0.29) is 0 Å². The van der Waals surface area contributed by atoms with E-state index in [2.05, 4.69) is 10.3 Å². The fraction of sp³-hybridized carbons (Fsp3) is 0.176. The van der Waals surface area contributed by atoms with Crippen LogP contribution in [-0.4, -0.2) is 28.2 Å². The van der Waals surface area contributed by atoms with Crippen molar-refractivity contribution in [3.05, 3.63) is 54.7 Å². The highest BCUT2D eigenvalue weighted by atomic mass is 16.5. The maximum Gasteiger partial charge on any atom is 0.170 e. The summed E-state index contributed by atoms with van der Waals surface area (Å²) in [6.45, 7) is 1.32. The van der Waals surface area contributed by atoms with E-state index in [4.69, 9.17) is 9.47 Å². The highest BCUT2D eigenvalue weighted by molar-refractivity contribution is 5.70. The fourth-order valence-electron chi connectivity index (χ4n) is 2.49. The first kappa shape index (κ1) is 12.9. The van der Waals surface area contributed by atoms with Crippen molar-refractivity contribution in [3.63, 3.8) is 0 Å². The van der Waals surface area contributed by atoms with Crippen LogP contribution in [0.5, 0.6) is 11.5 Å². The van der Waals surface area contributed by atoms with Gasteiger partial charge in [0.15, 0.2) is 11.5 Å². The molecule has 5 heteroatoms. The minimum Gasteiger partial charge on any atom is -0.490 e. The number of ether oxygens (including phenoxy) is 2. The van der Waals surface area contributed by atoms with Crippen LogP contribution in [0.2, 0.25) is 0 Å². The lowest BCUT2D eigenvalue weighted by molar-refractivity contribution is 0.297. The van der Waals surface area contributed by atoms with Crippen LogP contribution in [0.4, 0.5) is 0 Å². The second-order valence-corrected chi connectivity index (χ2v) is 5.07. The Labute approximate surface area is 128 Å². The normalized spacial score (nSPS) is 13.6. The zero-order valence-corrected chi connectivity index (χ0v) is 12.0. The molecule has 0 atom stereocenters. The van der Waals surface area contributed by atoms with E-state index in [1.54, 1.807) is 4.68 Å². The third kappa shape index (κ3) is 2.30. The molecule has 4 rings (SSSR count). The summed E-state index contributed by atoms with van der Waals surface area (Å²) in [5, 5.41) is 8.48. The van der Waals surface area contributed by atoms with Gasteiger partial charge in [-0.15, -0.1) is 5.10 Å². The van der Waals surface area contributed by atoms with E-state index < -0.39 is 0 Å². The first-order valence-electron chi connectivity index (χ1n) is 7.28. The molecule has 110 valence electrons. The summed E-state index contributed by atoms with van der Waals surface area (Å²) in [5.41, 5.74) is 2.65. The van der Waals surface area contributed by atoms with Gasteiger partial charge in [0.2, 0.25) is 0 Å². The number of nitrogens with zero attached hydrogens (tertiary/aromatic N) is 3. The maximum absolute atomic E-state index is 5.85. The minimum absolute atomic E-state index is 0.650. The number of rotatable bonds is 2. The highest BCUT2D eigenvalue weighted by Crippen LogP contribution is 2.38. The lowest BCUT2D eigenvalue weighted by Gasteiger charge is -2.10. The van der Waals surface area contributed by atoms with Crippen molar-refractivity contribution in [1.82, 2.24) is 15.0 Å². The Balaban J connectivity index is 1.76. The molecular formula is C17H15N3O2. The van der Waals surface area contributed by atoms with Crippen LogP contribution in [0, 0.1) is 0 Å². The van der Waals surface area contributed by atoms with Gasteiger partial charge in [0.05, 0.1) is 25.1 Å². The number of benzene rings is 2. The van der Waals surface area contributed by atoms with Crippen LogP contribution >= 0.6 is 0 Å². The Morgan fingerprint density at radius 3 is 2.68 bits per heavy atom. The Hall–Kier alpha value is -2.82. The number of aromatic nitrogens is 3. The first-order chi connectivity index (χ1) is 10.9. The summed E-state index contributed by atoms with van der Waals surface area (Å²) < 4.78 is 13.3. The maximum atomic E-state index is 5.85. The molecule has 22 heavy (non-hydrogen) atoms. The summed E-state index contributed by atoms with van der Waals surface area (Å²) in [4.78, 5) is 0. The molecule has 0 saturated carbocycles. The topological polar surface area (TPSA) is 49.2 Å². The predicted molar refractivity (Wildman–Crippen MR) is 82.4 cm³/mol. The number of hydrogen-bond acceptors (Lipinski definition) is 4. The van der Waals surface area contributed by atoms with Crippen molar-refractivity contribution < 1.29 is 9.47 Å². The van der Waals surface area contributed by atoms with Crippen LogP contribution in [0.25, 0.3) is 16.9 Å². The van der Waals surface area contributed by atoms with E-state index in [0.29, 0.717) is 13.2 Å². The van der Waals surface area contributed by atoms with Crippen molar-refractivity contribution in [2.24, 2.45) is 0 Å². The molecule has 0 N–H and O–H groups in total. The summed E-state index contributed by atoms with van der Waals surface area (Å²) in [7, 11) is 0. The molecule has 2 heterocycles. The van der Waals surface area contributed by atoms with E-state index in [1.807, 2.05) is 54.7 Å². The Morgan fingerprint density at radius 1 is 0.909 bits per heavy atom. The smallest absolute Gasteiger partial charge is 0.170 e. The molecule has 5 nitrogen and oxygen atoms in total. The van der Waals surface area contributed by atoms with Gasteiger partial charge < -0.3 is 9.47 Å². The van der Waals surface area contributed by atoms with Crippen LogP contribution in [-0.2, 0) is 0 Å². The molecule has 2 aromatic carbocycles. The van der Waals surface area contributed by atoms with Crippen molar-refractivity contribution in [2.75, 3.05) is 13.2 Å². The standard InChI is InChI=1S/C17H15N3O2/c1-2-6-13(7-3-1)20-12-15(18-19-20)14-8-4-9-16-17(14)22-11-5-10-21-16/h1-4,6-9,12H,5,10-11H2. The molecule has 0 unspecified atom stereocenters. The highest BCUT2D eigenvalue weighted by Gasteiger charge is 2.17. The van der Waals surface area contributed by atoms with Crippen molar-refractivity contribution in [1.29, 1.82) is 0 Å². The largest absolute Gasteiger partial charge is 0.490 e. The third-order valence-corrected chi connectivity index (χ3v) is 3.56. The number of para-hydroxylation sites is 2. The first-order valence-corrected chi connectivity index (χ1v) is 7.28. The number of hydrogen-bond donors (Lipinski definition) is 0. The fourth-order valence-corrected chi connectivity index (χ4v) is 2.49. The van der Waals surface area contributed by atoms with Gasteiger partial charge in [-0.3, -0.25) is 0 Å². The molecule has 0 spiro atoms. The summed E-state index contributed by atoms with van der Waals surface area (Å²) in [6, 6.07) is 15.8.